The Hall–Kier alpha value is -0.940. The molecule has 0 spiro atoms. The Balaban J connectivity index is 1.35. The number of fused-ring (bicyclic) bond motifs is 1. The summed E-state index contributed by atoms with van der Waals surface area (Å²) in [6.07, 6.45) is 11.3. The van der Waals surface area contributed by atoms with E-state index in [1.165, 1.54) is 60.6 Å². The van der Waals surface area contributed by atoms with Crippen LogP contribution in [-0.2, 0) is 24.1 Å². The van der Waals surface area contributed by atoms with E-state index in [0.29, 0.717) is 12.5 Å². The molecule has 23 heavy (non-hydrogen) atoms. The van der Waals surface area contributed by atoms with Crippen molar-refractivity contribution in [3.63, 3.8) is 0 Å². The van der Waals surface area contributed by atoms with Gasteiger partial charge in [-0.05, 0) is 58.5 Å². The van der Waals surface area contributed by atoms with E-state index in [1.54, 1.807) is 0 Å². The molecule has 1 aromatic heterocycles. The number of nitrogens with zero attached hydrogens (tertiary/aromatic N) is 2. The molecule has 1 aliphatic heterocycles. The molecule has 0 unspecified atom stereocenters. The van der Waals surface area contributed by atoms with Crippen LogP contribution in [0, 0.1) is 0 Å². The fourth-order valence-corrected chi connectivity index (χ4v) is 4.87. The Morgan fingerprint density at radius 1 is 1.30 bits per heavy atom. The Bertz CT molecular complexity index is 505. The highest BCUT2D eigenvalue weighted by Crippen LogP contribution is 2.26. The van der Waals surface area contributed by atoms with Gasteiger partial charge in [0.25, 0.3) is 0 Å². The van der Waals surface area contributed by atoms with Crippen molar-refractivity contribution < 1.29 is 4.79 Å². The van der Waals surface area contributed by atoms with E-state index in [-0.39, 0.29) is 5.91 Å². The highest BCUT2D eigenvalue weighted by Gasteiger charge is 2.19. The number of thiazole rings is 1. The molecule has 1 amide bonds. The number of carbonyl (C=O) groups is 1. The summed E-state index contributed by atoms with van der Waals surface area (Å²) in [5.41, 5.74) is 1.32. The molecule has 1 aromatic rings. The largest absolute Gasteiger partial charge is 0.356 e. The van der Waals surface area contributed by atoms with E-state index < -0.39 is 0 Å². The maximum absolute atomic E-state index is 12.0. The smallest absolute Gasteiger partial charge is 0.220 e. The summed E-state index contributed by atoms with van der Waals surface area (Å²) < 4.78 is 0. The maximum atomic E-state index is 12.0. The average molecular weight is 336 g/mol. The van der Waals surface area contributed by atoms with E-state index in [4.69, 9.17) is 4.98 Å². The predicted octanol–water partition coefficient (Wildman–Crippen LogP) is 2.95. The van der Waals surface area contributed by atoms with Crippen molar-refractivity contribution in [3.8, 4) is 0 Å². The molecular weight excluding hydrogens is 306 g/mol. The van der Waals surface area contributed by atoms with Crippen LogP contribution in [0.3, 0.4) is 0 Å². The Morgan fingerprint density at radius 2 is 2.17 bits per heavy atom. The van der Waals surface area contributed by atoms with Crippen molar-refractivity contribution in [3.05, 3.63) is 15.6 Å². The number of nitrogens with one attached hydrogen (secondary N) is 1. The molecule has 1 aliphatic carbocycles. The molecule has 4 nitrogen and oxygen atoms in total. The van der Waals surface area contributed by atoms with Crippen LogP contribution >= 0.6 is 11.3 Å². The summed E-state index contributed by atoms with van der Waals surface area (Å²) >= 11 is 1.85. The Morgan fingerprint density at radius 3 is 3.00 bits per heavy atom. The van der Waals surface area contributed by atoms with E-state index in [2.05, 4.69) is 17.3 Å². The van der Waals surface area contributed by atoms with Crippen LogP contribution in [0.4, 0.5) is 0 Å². The van der Waals surface area contributed by atoms with Gasteiger partial charge in [-0.15, -0.1) is 11.3 Å². The summed E-state index contributed by atoms with van der Waals surface area (Å²) in [5.74, 6) is 0.199. The zero-order valence-electron chi connectivity index (χ0n) is 14.3. The van der Waals surface area contributed by atoms with Gasteiger partial charge >= 0.3 is 0 Å². The van der Waals surface area contributed by atoms with Crippen LogP contribution in [0.5, 0.6) is 0 Å². The third kappa shape index (κ3) is 4.77. The van der Waals surface area contributed by atoms with Gasteiger partial charge in [0, 0.05) is 30.3 Å². The highest BCUT2D eigenvalue weighted by atomic mass is 32.1. The molecule has 1 fully saturated rings. The van der Waals surface area contributed by atoms with Gasteiger partial charge in [0.05, 0.1) is 10.7 Å². The van der Waals surface area contributed by atoms with Gasteiger partial charge in [-0.25, -0.2) is 4.98 Å². The van der Waals surface area contributed by atoms with Crippen LogP contribution in [0.1, 0.15) is 60.5 Å². The third-order valence-electron chi connectivity index (χ3n) is 5.18. The predicted molar refractivity (Wildman–Crippen MR) is 95.0 cm³/mol. The first-order chi connectivity index (χ1) is 11.2. The van der Waals surface area contributed by atoms with Crippen LogP contribution in [0.25, 0.3) is 0 Å². The molecule has 2 aliphatic rings. The quantitative estimate of drug-likeness (QED) is 0.869. The zero-order chi connectivity index (χ0) is 16.1. The number of hydrogen-bond acceptors (Lipinski definition) is 4. The van der Waals surface area contributed by atoms with E-state index in [9.17, 15) is 4.79 Å². The molecule has 0 radical (unpaired) electrons. The monoisotopic (exact) mass is 335 g/mol. The van der Waals surface area contributed by atoms with Gasteiger partial charge in [-0.3, -0.25) is 4.79 Å². The summed E-state index contributed by atoms with van der Waals surface area (Å²) in [4.78, 5) is 20.7. The van der Waals surface area contributed by atoms with Gasteiger partial charge in [-0.1, -0.05) is 6.42 Å². The molecule has 2 heterocycles. The number of amides is 1. The molecule has 0 saturated carbocycles. The van der Waals surface area contributed by atoms with Crippen molar-refractivity contribution >= 4 is 17.2 Å². The van der Waals surface area contributed by atoms with Crippen molar-refractivity contribution in [2.75, 3.05) is 20.1 Å². The normalized spacial score (nSPS) is 21.9. The molecule has 128 valence electrons. The lowest BCUT2D eigenvalue weighted by molar-refractivity contribution is -0.121. The standard InChI is InChI=1S/C18H29N3OS/c1-21-13-5-4-6-14(21)9-10-17(22)19-12-11-18-20-15-7-2-3-8-16(15)23-18/h14H,2-13H2,1H3,(H,19,22)/t14-/m1/s1. The highest BCUT2D eigenvalue weighted by molar-refractivity contribution is 7.11. The first-order valence-corrected chi connectivity index (χ1v) is 9.98. The number of carbonyl (C=O) groups excluding carboxylic acids is 1. The topological polar surface area (TPSA) is 45.2 Å². The first kappa shape index (κ1) is 16.9. The molecule has 1 N–H and O–H groups in total. The van der Waals surface area contributed by atoms with Gasteiger partial charge in [-0.2, -0.15) is 0 Å². The van der Waals surface area contributed by atoms with Crippen LogP contribution < -0.4 is 5.32 Å². The van der Waals surface area contributed by atoms with Gasteiger partial charge in [0.2, 0.25) is 5.91 Å². The maximum Gasteiger partial charge on any atom is 0.220 e. The molecule has 1 atom stereocenters. The fraction of sp³-hybridized carbons (Fsp3) is 0.778. The van der Waals surface area contributed by atoms with E-state index in [1.807, 2.05) is 11.3 Å². The lowest BCUT2D eigenvalue weighted by atomic mass is 9.98. The van der Waals surface area contributed by atoms with Crippen molar-refractivity contribution in [2.24, 2.45) is 0 Å². The summed E-state index contributed by atoms with van der Waals surface area (Å²) in [5, 5.41) is 4.27. The van der Waals surface area contributed by atoms with Gasteiger partial charge in [0.1, 0.15) is 0 Å². The SMILES string of the molecule is CN1CCCC[C@@H]1CCC(=O)NCCc1nc2c(s1)CCCC2. The second kappa shape index (κ2) is 8.25. The third-order valence-corrected chi connectivity index (χ3v) is 6.39. The molecular formula is C18H29N3OS. The molecule has 0 bridgehead atoms. The molecule has 0 aromatic carbocycles. The number of hydrogen-bond donors (Lipinski definition) is 1. The number of rotatable bonds is 6. The summed E-state index contributed by atoms with van der Waals surface area (Å²) in [7, 11) is 2.19. The summed E-state index contributed by atoms with van der Waals surface area (Å²) in [6.45, 7) is 1.91. The van der Waals surface area contributed by atoms with E-state index in [0.717, 1.165) is 25.8 Å². The molecule has 5 heteroatoms. The number of likely N-dealkylation sites (tertiary alicyclic amines) is 1. The minimum atomic E-state index is 0.199. The van der Waals surface area contributed by atoms with Crippen LogP contribution in [0.15, 0.2) is 0 Å². The summed E-state index contributed by atoms with van der Waals surface area (Å²) in [6, 6.07) is 0.597. The fourth-order valence-electron chi connectivity index (χ4n) is 3.72. The number of aryl methyl sites for hydroxylation is 2. The van der Waals surface area contributed by atoms with Crippen molar-refractivity contribution in [1.82, 2.24) is 15.2 Å². The second-order valence-electron chi connectivity index (χ2n) is 6.95. The van der Waals surface area contributed by atoms with Crippen LogP contribution in [-0.4, -0.2) is 42.0 Å². The lowest BCUT2D eigenvalue weighted by Gasteiger charge is -2.32. The average Bonchev–Trinajstić information content (AvgIpc) is 2.97. The number of piperidine rings is 1. The second-order valence-corrected chi connectivity index (χ2v) is 8.12. The minimum absolute atomic E-state index is 0.199. The zero-order valence-corrected chi connectivity index (χ0v) is 15.1. The Kier molecular flexibility index (Phi) is 6.06. The molecule has 1 saturated heterocycles. The minimum Gasteiger partial charge on any atom is -0.356 e. The van der Waals surface area contributed by atoms with Gasteiger partial charge in [0.15, 0.2) is 0 Å². The molecule has 3 rings (SSSR count). The lowest BCUT2D eigenvalue weighted by Crippen LogP contribution is -2.37. The van der Waals surface area contributed by atoms with Crippen molar-refractivity contribution in [1.29, 1.82) is 0 Å². The first-order valence-electron chi connectivity index (χ1n) is 9.17. The van der Waals surface area contributed by atoms with Crippen LogP contribution in [0.2, 0.25) is 0 Å². The van der Waals surface area contributed by atoms with Crippen molar-refractivity contribution in [2.45, 2.75) is 70.3 Å². The van der Waals surface area contributed by atoms with E-state index >= 15 is 0 Å². The Labute approximate surface area is 143 Å². The van der Waals surface area contributed by atoms with Gasteiger partial charge < -0.3 is 10.2 Å². The number of aromatic nitrogens is 1.